The number of thiocarbonyl (C=S) groups is 1. The molecule has 0 bridgehead atoms. The van der Waals surface area contributed by atoms with Crippen LogP contribution in [0.5, 0.6) is 5.06 Å². The third-order valence-corrected chi connectivity index (χ3v) is 4.57. The van der Waals surface area contributed by atoms with Crippen molar-refractivity contribution in [3.8, 4) is 5.06 Å². The molecule has 2 aromatic rings. The van der Waals surface area contributed by atoms with Crippen molar-refractivity contribution in [2.45, 2.75) is 19.4 Å². The molecule has 0 fully saturated rings. The van der Waals surface area contributed by atoms with Crippen LogP contribution >= 0.6 is 35.8 Å². The first-order valence-corrected chi connectivity index (χ1v) is 8.47. The van der Waals surface area contributed by atoms with E-state index in [1.165, 1.54) is 17.8 Å². The number of fused-ring (bicyclic) bond motifs is 1. The van der Waals surface area contributed by atoms with Crippen molar-refractivity contribution in [3.63, 3.8) is 0 Å². The van der Waals surface area contributed by atoms with Gasteiger partial charge in [-0.15, -0.1) is 11.3 Å². The van der Waals surface area contributed by atoms with E-state index in [-0.39, 0.29) is 6.10 Å². The third-order valence-electron chi connectivity index (χ3n) is 2.94. The van der Waals surface area contributed by atoms with Crippen LogP contribution in [0.3, 0.4) is 0 Å². The Kier molecular flexibility index (Phi) is 4.52. The second kappa shape index (κ2) is 6.55. The fourth-order valence-electron chi connectivity index (χ4n) is 2.04. The van der Waals surface area contributed by atoms with Crippen LogP contribution in [0.4, 0.5) is 11.4 Å². The molecule has 7 heteroatoms. The lowest BCUT2D eigenvalue weighted by Gasteiger charge is -2.10. The first-order chi connectivity index (χ1) is 10.2. The van der Waals surface area contributed by atoms with Crippen LogP contribution in [0.2, 0.25) is 0 Å². The number of thiophene rings is 1. The van der Waals surface area contributed by atoms with Crippen LogP contribution in [0.25, 0.3) is 0 Å². The molecule has 1 aromatic carbocycles. The zero-order chi connectivity index (χ0) is 14.7. The first-order valence-electron chi connectivity index (χ1n) is 6.44. The van der Waals surface area contributed by atoms with E-state index >= 15 is 0 Å². The summed E-state index contributed by atoms with van der Waals surface area (Å²) >= 11 is 7.89. The van der Waals surface area contributed by atoms with Crippen molar-refractivity contribution in [1.29, 1.82) is 0 Å². The standard InChI is InChI=1S/C14H14N2O2S3/c1-9-7-10-8-11(4-5-12(10)15-14(19)17-9)16-21-18-13-3-2-6-20-13/h2-6,8-9,16H,7H2,1H3,(H,15,19). The van der Waals surface area contributed by atoms with E-state index in [4.69, 9.17) is 21.1 Å². The lowest BCUT2D eigenvalue weighted by atomic mass is 10.1. The zero-order valence-corrected chi connectivity index (χ0v) is 13.7. The van der Waals surface area contributed by atoms with E-state index in [1.54, 1.807) is 11.3 Å². The normalized spacial score (nSPS) is 17.2. The van der Waals surface area contributed by atoms with Gasteiger partial charge in [0.05, 0.1) is 0 Å². The van der Waals surface area contributed by atoms with Gasteiger partial charge in [-0.05, 0) is 60.4 Å². The fourth-order valence-corrected chi connectivity index (χ4v) is 3.43. The number of nitrogens with one attached hydrogen (secondary N) is 2. The minimum Gasteiger partial charge on any atom is -0.467 e. The number of ether oxygens (including phenoxy) is 1. The highest BCUT2D eigenvalue weighted by molar-refractivity contribution is 7.96. The maximum Gasteiger partial charge on any atom is 0.261 e. The van der Waals surface area contributed by atoms with Crippen molar-refractivity contribution >= 4 is 52.3 Å². The molecule has 0 saturated heterocycles. The Morgan fingerprint density at radius 1 is 1.48 bits per heavy atom. The smallest absolute Gasteiger partial charge is 0.261 e. The van der Waals surface area contributed by atoms with Gasteiger partial charge in [-0.1, -0.05) is 0 Å². The molecule has 2 heterocycles. The molecular formula is C14H14N2O2S3. The summed E-state index contributed by atoms with van der Waals surface area (Å²) in [5.41, 5.74) is 3.15. The Hall–Kier alpha value is -1.44. The van der Waals surface area contributed by atoms with Crippen LogP contribution in [-0.2, 0) is 11.2 Å². The van der Waals surface area contributed by atoms with E-state index < -0.39 is 0 Å². The van der Waals surface area contributed by atoms with Crippen LogP contribution in [0.15, 0.2) is 35.7 Å². The van der Waals surface area contributed by atoms with Crippen molar-refractivity contribution < 1.29 is 8.92 Å². The van der Waals surface area contributed by atoms with Gasteiger partial charge in [0, 0.05) is 17.8 Å². The molecule has 0 spiro atoms. The summed E-state index contributed by atoms with van der Waals surface area (Å²) in [6, 6.07) is 9.95. The fraction of sp³-hybridized carbons (Fsp3) is 0.214. The van der Waals surface area contributed by atoms with Crippen molar-refractivity contribution in [2.75, 3.05) is 10.0 Å². The molecule has 110 valence electrons. The van der Waals surface area contributed by atoms with E-state index in [0.717, 1.165) is 22.9 Å². The largest absolute Gasteiger partial charge is 0.467 e. The zero-order valence-electron chi connectivity index (χ0n) is 11.3. The Bertz CT molecular complexity index is 631. The first kappa shape index (κ1) is 14.5. The summed E-state index contributed by atoms with van der Waals surface area (Å²) < 4.78 is 14.2. The molecule has 0 saturated carbocycles. The topological polar surface area (TPSA) is 42.5 Å². The van der Waals surface area contributed by atoms with Gasteiger partial charge in [-0.25, -0.2) is 0 Å². The average Bonchev–Trinajstić information content (AvgIpc) is 2.89. The molecule has 1 atom stereocenters. The predicted molar refractivity (Wildman–Crippen MR) is 93.1 cm³/mol. The molecule has 1 aliphatic rings. The summed E-state index contributed by atoms with van der Waals surface area (Å²) in [7, 11) is 0. The predicted octanol–water partition coefficient (Wildman–Crippen LogP) is 4.46. The quantitative estimate of drug-likeness (QED) is 0.487. The van der Waals surface area contributed by atoms with Crippen LogP contribution < -0.4 is 14.2 Å². The van der Waals surface area contributed by atoms with Crippen LogP contribution in [-0.4, -0.2) is 11.3 Å². The van der Waals surface area contributed by atoms with E-state index in [9.17, 15) is 0 Å². The number of hydrogen-bond donors (Lipinski definition) is 2. The second-order valence-corrected chi connectivity index (χ2v) is 6.44. The molecule has 1 aromatic heterocycles. The molecule has 21 heavy (non-hydrogen) atoms. The molecule has 1 aliphatic heterocycles. The van der Waals surface area contributed by atoms with Crippen LogP contribution in [0, 0.1) is 0 Å². The molecule has 0 radical (unpaired) electrons. The van der Waals surface area contributed by atoms with Gasteiger partial charge >= 0.3 is 0 Å². The highest BCUT2D eigenvalue weighted by Crippen LogP contribution is 2.28. The Morgan fingerprint density at radius 3 is 3.19 bits per heavy atom. The maximum absolute atomic E-state index is 5.54. The van der Waals surface area contributed by atoms with E-state index in [1.807, 2.05) is 36.6 Å². The Morgan fingerprint density at radius 2 is 2.38 bits per heavy atom. The molecule has 4 nitrogen and oxygen atoms in total. The van der Waals surface area contributed by atoms with Gasteiger partial charge in [0.1, 0.15) is 6.10 Å². The van der Waals surface area contributed by atoms with Gasteiger partial charge in [0.2, 0.25) is 0 Å². The molecule has 2 N–H and O–H groups in total. The summed E-state index contributed by atoms with van der Waals surface area (Å²) in [5.74, 6) is 0. The summed E-state index contributed by atoms with van der Waals surface area (Å²) in [6.45, 7) is 2.01. The van der Waals surface area contributed by atoms with Gasteiger partial charge in [0.25, 0.3) is 5.17 Å². The molecule has 0 aliphatic carbocycles. The molecule has 0 amide bonds. The second-order valence-electron chi connectivity index (χ2n) is 4.62. The van der Waals surface area contributed by atoms with Gasteiger partial charge in [-0.3, -0.25) is 4.72 Å². The van der Waals surface area contributed by atoms with Gasteiger partial charge in [0.15, 0.2) is 17.3 Å². The monoisotopic (exact) mass is 338 g/mol. The Labute approximate surface area is 137 Å². The van der Waals surface area contributed by atoms with E-state index in [0.29, 0.717) is 5.17 Å². The molecule has 3 rings (SSSR count). The highest BCUT2D eigenvalue weighted by Gasteiger charge is 2.17. The lowest BCUT2D eigenvalue weighted by Crippen LogP contribution is -2.16. The minimum absolute atomic E-state index is 0.0662. The SMILES string of the molecule is CC1Cc2cc(NSOc3cccs3)ccc2NC(=S)O1. The number of benzene rings is 1. The number of hydrogen-bond acceptors (Lipinski definition) is 6. The van der Waals surface area contributed by atoms with E-state index in [2.05, 4.69) is 16.1 Å². The average molecular weight is 338 g/mol. The summed E-state index contributed by atoms with van der Waals surface area (Å²) in [6.07, 6.45) is 0.880. The van der Waals surface area contributed by atoms with Gasteiger partial charge < -0.3 is 14.2 Å². The molecule has 1 unspecified atom stereocenters. The lowest BCUT2D eigenvalue weighted by molar-refractivity contribution is 0.217. The number of rotatable bonds is 4. The third kappa shape index (κ3) is 3.81. The van der Waals surface area contributed by atoms with Crippen molar-refractivity contribution in [3.05, 3.63) is 41.3 Å². The minimum atomic E-state index is 0.0662. The number of anilines is 2. The van der Waals surface area contributed by atoms with Crippen LogP contribution in [0.1, 0.15) is 12.5 Å². The summed E-state index contributed by atoms with van der Waals surface area (Å²) in [4.78, 5) is 0. The summed E-state index contributed by atoms with van der Waals surface area (Å²) in [5, 5.41) is 6.38. The Balaban J connectivity index is 1.66. The maximum atomic E-state index is 5.54. The van der Waals surface area contributed by atoms with Gasteiger partial charge in [-0.2, -0.15) is 0 Å². The van der Waals surface area contributed by atoms with Crippen molar-refractivity contribution in [2.24, 2.45) is 0 Å². The van der Waals surface area contributed by atoms with Crippen molar-refractivity contribution in [1.82, 2.24) is 0 Å². The highest BCUT2D eigenvalue weighted by atomic mass is 32.2. The molecular weight excluding hydrogens is 324 g/mol.